The zero-order valence-electron chi connectivity index (χ0n) is 18.9. The van der Waals surface area contributed by atoms with E-state index in [2.05, 4.69) is 11.1 Å². The van der Waals surface area contributed by atoms with Crippen LogP contribution >= 0.6 is 0 Å². The van der Waals surface area contributed by atoms with Gasteiger partial charge in [-0.05, 0) is 36.2 Å². The number of esters is 2. The fourth-order valence-corrected chi connectivity index (χ4v) is 4.20. The normalized spacial score (nSPS) is 15.8. The Kier molecular flexibility index (Phi) is 6.02. The molecule has 34 heavy (non-hydrogen) atoms. The van der Waals surface area contributed by atoms with Crippen molar-refractivity contribution in [1.29, 1.82) is 5.26 Å². The molecule has 1 aromatic heterocycles. The predicted octanol–water partition coefficient (Wildman–Crippen LogP) is 3.44. The SMILES string of the molecule is COC(=O)C1=C(C(=O)OC)N(c2ccc3c(C)ccnc3c2)C(N)=C(C#N)C1c1ccccc1. The minimum Gasteiger partial charge on any atom is -0.466 e. The first-order valence-electron chi connectivity index (χ1n) is 10.4. The third kappa shape index (κ3) is 3.63. The highest BCUT2D eigenvalue weighted by atomic mass is 16.5. The number of hydrogen-bond donors (Lipinski definition) is 1. The quantitative estimate of drug-likeness (QED) is 0.596. The Bertz CT molecular complexity index is 1400. The summed E-state index contributed by atoms with van der Waals surface area (Å²) in [6, 6.07) is 18.2. The van der Waals surface area contributed by atoms with Crippen LogP contribution in [0.5, 0.6) is 0 Å². The Morgan fingerprint density at radius 3 is 2.41 bits per heavy atom. The molecule has 1 aliphatic heterocycles. The van der Waals surface area contributed by atoms with Crippen molar-refractivity contribution in [1.82, 2.24) is 4.98 Å². The second-order valence-electron chi connectivity index (χ2n) is 7.66. The van der Waals surface area contributed by atoms with Crippen molar-refractivity contribution in [2.75, 3.05) is 19.1 Å². The van der Waals surface area contributed by atoms with Gasteiger partial charge in [-0.1, -0.05) is 36.4 Å². The summed E-state index contributed by atoms with van der Waals surface area (Å²) in [5.74, 6) is -2.46. The number of hydrogen-bond acceptors (Lipinski definition) is 8. The highest BCUT2D eigenvalue weighted by molar-refractivity contribution is 6.06. The highest BCUT2D eigenvalue weighted by Gasteiger charge is 2.43. The van der Waals surface area contributed by atoms with Gasteiger partial charge in [0.2, 0.25) is 0 Å². The maximum atomic E-state index is 13.1. The molecule has 1 atom stereocenters. The van der Waals surface area contributed by atoms with E-state index < -0.39 is 17.9 Å². The van der Waals surface area contributed by atoms with E-state index in [-0.39, 0.29) is 22.7 Å². The number of anilines is 1. The molecule has 3 aromatic rings. The van der Waals surface area contributed by atoms with Crippen LogP contribution in [-0.2, 0) is 19.1 Å². The number of ether oxygens (including phenoxy) is 2. The van der Waals surface area contributed by atoms with E-state index in [4.69, 9.17) is 15.2 Å². The topological polar surface area (TPSA) is 119 Å². The van der Waals surface area contributed by atoms with Gasteiger partial charge in [0, 0.05) is 11.6 Å². The summed E-state index contributed by atoms with van der Waals surface area (Å²) in [6.45, 7) is 1.96. The van der Waals surface area contributed by atoms with Gasteiger partial charge >= 0.3 is 11.9 Å². The van der Waals surface area contributed by atoms with Crippen LogP contribution in [0.3, 0.4) is 0 Å². The number of pyridine rings is 1. The van der Waals surface area contributed by atoms with Crippen LogP contribution in [0.15, 0.2) is 83.5 Å². The summed E-state index contributed by atoms with van der Waals surface area (Å²) in [4.78, 5) is 32.0. The summed E-state index contributed by atoms with van der Waals surface area (Å²) in [7, 11) is 2.43. The van der Waals surface area contributed by atoms with Gasteiger partial charge in [-0.15, -0.1) is 0 Å². The number of benzene rings is 2. The second-order valence-corrected chi connectivity index (χ2v) is 7.66. The standard InChI is InChI=1S/C26H22N4O4/c1-15-11-12-29-20-13-17(9-10-18(15)20)30-23(26(32)34-3)22(25(31)33-2)21(19(14-27)24(30)28)16-7-5-4-6-8-16/h4-13,21H,28H2,1-3H3. The Hall–Kier alpha value is -4.64. The third-order valence-corrected chi connectivity index (χ3v) is 5.81. The summed E-state index contributed by atoms with van der Waals surface area (Å²) >= 11 is 0. The van der Waals surface area contributed by atoms with E-state index in [1.165, 1.54) is 19.1 Å². The van der Waals surface area contributed by atoms with E-state index >= 15 is 0 Å². The van der Waals surface area contributed by atoms with Gasteiger partial charge < -0.3 is 15.2 Å². The molecule has 8 heteroatoms. The van der Waals surface area contributed by atoms with E-state index in [0.29, 0.717) is 16.8 Å². The number of carbonyl (C=O) groups excluding carboxylic acids is 2. The molecule has 0 bridgehead atoms. The second kappa shape index (κ2) is 9.08. The van der Waals surface area contributed by atoms with Crippen LogP contribution in [0.2, 0.25) is 0 Å². The first kappa shape index (κ1) is 22.6. The number of nitrogens with two attached hydrogens (primary N) is 1. The monoisotopic (exact) mass is 454 g/mol. The lowest BCUT2D eigenvalue weighted by atomic mass is 9.81. The maximum absolute atomic E-state index is 13.1. The molecule has 2 aromatic carbocycles. The van der Waals surface area contributed by atoms with E-state index in [1.54, 1.807) is 42.6 Å². The number of aromatic nitrogens is 1. The van der Waals surface area contributed by atoms with Crippen molar-refractivity contribution >= 4 is 28.5 Å². The molecular formula is C26H22N4O4. The number of fused-ring (bicyclic) bond motifs is 1. The lowest BCUT2D eigenvalue weighted by Gasteiger charge is -2.36. The lowest BCUT2D eigenvalue weighted by molar-refractivity contribution is -0.139. The molecule has 2 heterocycles. The van der Waals surface area contributed by atoms with Crippen LogP contribution in [-0.4, -0.2) is 31.1 Å². The largest absolute Gasteiger partial charge is 0.466 e. The van der Waals surface area contributed by atoms with Crippen molar-refractivity contribution in [2.45, 2.75) is 12.8 Å². The molecule has 170 valence electrons. The summed E-state index contributed by atoms with van der Waals surface area (Å²) in [5.41, 5.74) is 9.22. The van der Waals surface area contributed by atoms with Crippen LogP contribution in [0.1, 0.15) is 17.0 Å². The molecular weight excluding hydrogens is 432 g/mol. The van der Waals surface area contributed by atoms with Gasteiger partial charge in [0.1, 0.15) is 11.5 Å². The Labute approximate surface area is 196 Å². The van der Waals surface area contributed by atoms with Gasteiger partial charge in [-0.3, -0.25) is 9.88 Å². The number of aryl methyl sites for hydroxylation is 1. The molecule has 0 spiro atoms. The Balaban J connectivity index is 2.06. The number of carbonyl (C=O) groups is 2. The molecule has 1 aliphatic rings. The van der Waals surface area contributed by atoms with Crippen molar-refractivity contribution in [3.8, 4) is 6.07 Å². The van der Waals surface area contributed by atoms with Crippen molar-refractivity contribution in [2.24, 2.45) is 5.73 Å². The number of nitrogens with zero attached hydrogens (tertiary/aromatic N) is 3. The average molecular weight is 454 g/mol. The van der Waals surface area contributed by atoms with E-state index in [0.717, 1.165) is 10.9 Å². The van der Waals surface area contributed by atoms with Crippen LogP contribution in [0.4, 0.5) is 5.69 Å². The van der Waals surface area contributed by atoms with Crippen LogP contribution < -0.4 is 10.6 Å². The molecule has 0 radical (unpaired) electrons. The molecule has 0 amide bonds. The summed E-state index contributed by atoms with van der Waals surface area (Å²) in [5, 5.41) is 11.0. The first-order chi connectivity index (χ1) is 16.4. The number of nitriles is 1. The van der Waals surface area contributed by atoms with Crippen molar-refractivity contribution in [3.63, 3.8) is 0 Å². The van der Waals surface area contributed by atoms with E-state index in [1.807, 2.05) is 25.1 Å². The van der Waals surface area contributed by atoms with Gasteiger partial charge in [0.05, 0.1) is 48.6 Å². The maximum Gasteiger partial charge on any atom is 0.355 e. The van der Waals surface area contributed by atoms with Crippen molar-refractivity contribution < 1.29 is 19.1 Å². The molecule has 4 rings (SSSR count). The highest BCUT2D eigenvalue weighted by Crippen LogP contribution is 2.43. The van der Waals surface area contributed by atoms with E-state index in [9.17, 15) is 14.9 Å². The van der Waals surface area contributed by atoms with Crippen LogP contribution in [0, 0.1) is 18.3 Å². The number of rotatable bonds is 4. The minimum absolute atomic E-state index is 0.0106. The molecule has 8 nitrogen and oxygen atoms in total. The molecule has 0 saturated carbocycles. The fourth-order valence-electron chi connectivity index (χ4n) is 4.20. The fraction of sp³-hybridized carbons (Fsp3) is 0.154. The first-order valence-corrected chi connectivity index (χ1v) is 10.4. The lowest BCUT2D eigenvalue weighted by Crippen LogP contribution is -2.40. The Morgan fingerprint density at radius 1 is 1.06 bits per heavy atom. The third-order valence-electron chi connectivity index (χ3n) is 5.81. The van der Waals surface area contributed by atoms with Gasteiger partial charge in [-0.25, -0.2) is 9.59 Å². The average Bonchev–Trinajstić information content (AvgIpc) is 2.87. The van der Waals surface area contributed by atoms with Gasteiger partial charge in [0.25, 0.3) is 0 Å². The zero-order valence-corrected chi connectivity index (χ0v) is 18.9. The molecule has 1 unspecified atom stereocenters. The minimum atomic E-state index is -0.912. The number of methoxy groups -OCH3 is 2. The van der Waals surface area contributed by atoms with Gasteiger partial charge in [-0.2, -0.15) is 5.26 Å². The smallest absolute Gasteiger partial charge is 0.355 e. The zero-order chi connectivity index (χ0) is 24.4. The van der Waals surface area contributed by atoms with Gasteiger partial charge in [0.15, 0.2) is 0 Å². The molecule has 2 N–H and O–H groups in total. The predicted molar refractivity (Wildman–Crippen MR) is 126 cm³/mol. The van der Waals surface area contributed by atoms with Crippen LogP contribution in [0.25, 0.3) is 10.9 Å². The molecule has 0 saturated heterocycles. The summed E-state index contributed by atoms with van der Waals surface area (Å²) in [6.07, 6.45) is 1.68. The number of allylic oxidation sites excluding steroid dienone is 1. The molecule has 0 fully saturated rings. The van der Waals surface area contributed by atoms with Crippen molar-refractivity contribution in [3.05, 3.63) is 94.6 Å². The molecule has 0 aliphatic carbocycles. The Morgan fingerprint density at radius 2 is 1.76 bits per heavy atom. The summed E-state index contributed by atoms with van der Waals surface area (Å²) < 4.78 is 10.1.